The van der Waals surface area contributed by atoms with Crippen molar-refractivity contribution in [3.05, 3.63) is 0 Å². The standard InChI is InChI=1S/C21H45N/c1-6-7-8-9-10-11-12-13-14-15-16-17-18-19-22(20(2)3)21(4)5/h20-21H,6-19H2,1-5H3. The third kappa shape index (κ3) is 13.6. The second-order valence-electron chi connectivity index (χ2n) is 7.67. The van der Waals surface area contributed by atoms with E-state index in [-0.39, 0.29) is 0 Å². The molecule has 0 rings (SSSR count). The van der Waals surface area contributed by atoms with Crippen LogP contribution in [-0.4, -0.2) is 23.5 Å². The van der Waals surface area contributed by atoms with Crippen LogP contribution in [0.1, 0.15) is 118 Å². The molecule has 0 heterocycles. The summed E-state index contributed by atoms with van der Waals surface area (Å²) in [6.07, 6.45) is 18.8. The zero-order valence-corrected chi connectivity index (χ0v) is 16.5. The van der Waals surface area contributed by atoms with Gasteiger partial charge in [0.15, 0.2) is 0 Å². The summed E-state index contributed by atoms with van der Waals surface area (Å²) >= 11 is 0. The SMILES string of the molecule is CCCCCCCCCCCCCCCN(C(C)C)C(C)C. The molecule has 0 N–H and O–H groups in total. The van der Waals surface area contributed by atoms with E-state index in [1.165, 1.54) is 90.0 Å². The van der Waals surface area contributed by atoms with Gasteiger partial charge in [0, 0.05) is 12.1 Å². The molecule has 0 aliphatic carbocycles. The van der Waals surface area contributed by atoms with Crippen LogP contribution in [0.2, 0.25) is 0 Å². The molecular weight excluding hydrogens is 266 g/mol. The summed E-state index contributed by atoms with van der Waals surface area (Å²) in [4.78, 5) is 2.62. The van der Waals surface area contributed by atoms with Crippen molar-refractivity contribution in [2.75, 3.05) is 6.54 Å². The van der Waals surface area contributed by atoms with Crippen molar-refractivity contribution < 1.29 is 0 Å². The van der Waals surface area contributed by atoms with Crippen molar-refractivity contribution in [3.63, 3.8) is 0 Å². The molecule has 0 fully saturated rings. The average molecular weight is 312 g/mol. The first kappa shape index (κ1) is 22.0. The molecule has 134 valence electrons. The molecule has 0 amide bonds. The van der Waals surface area contributed by atoms with E-state index >= 15 is 0 Å². The lowest BCUT2D eigenvalue weighted by Gasteiger charge is -2.30. The highest BCUT2D eigenvalue weighted by Gasteiger charge is 2.11. The molecule has 0 aromatic rings. The Morgan fingerprint density at radius 2 is 0.818 bits per heavy atom. The Hall–Kier alpha value is -0.0400. The van der Waals surface area contributed by atoms with Crippen LogP contribution in [0.25, 0.3) is 0 Å². The fourth-order valence-electron chi connectivity index (χ4n) is 3.42. The fourth-order valence-corrected chi connectivity index (χ4v) is 3.42. The zero-order valence-electron chi connectivity index (χ0n) is 16.5. The van der Waals surface area contributed by atoms with E-state index < -0.39 is 0 Å². The van der Waals surface area contributed by atoms with Crippen LogP contribution in [0.5, 0.6) is 0 Å². The number of unbranched alkanes of at least 4 members (excludes halogenated alkanes) is 12. The molecule has 0 aliphatic heterocycles. The van der Waals surface area contributed by atoms with E-state index in [2.05, 4.69) is 39.5 Å². The lowest BCUT2D eigenvalue weighted by molar-refractivity contribution is 0.171. The number of hydrogen-bond donors (Lipinski definition) is 0. The second kappa shape index (κ2) is 15.8. The van der Waals surface area contributed by atoms with Gasteiger partial charge in [-0.25, -0.2) is 0 Å². The van der Waals surface area contributed by atoms with Gasteiger partial charge in [0.2, 0.25) is 0 Å². The van der Waals surface area contributed by atoms with Gasteiger partial charge in [-0.3, -0.25) is 4.90 Å². The Morgan fingerprint density at radius 1 is 0.500 bits per heavy atom. The minimum atomic E-state index is 0.692. The van der Waals surface area contributed by atoms with Gasteiger partial charge in [-0.15, -0.1) is 0 Å². The van der Waals surface area contributed by atoms with Crippen LogP contribution in [0.4, 0.5) is 0 Å². The van der Waals surface area contributed by atoms with E-state index in [1.807, 2.05) is 0 Å². The highest BCUT2D eigenvalue weighted by molar-refractivity contribution is 4.67. The van der Waals surface area contributed by atoms with Crippen molar-refractivity contribution in [1.29, 1.82) is 0 Å². The Labute approximate surface area is 142 Å². The Bertz CT molecular complexity index is 202. The molecular formula is C21H45N. The van der Waals surface area contributed by atoms with E-state index in [9.17, 15) is 0 Å². The summed E-state index contributed by atoms with van der Waals surface area (Å²) in [6, 6.07) is 1.38. The van der Waals surface area contributed by atoms with Crippen molar-refractivity contribution >= 4 is 0 Å². The molecule has 22 heavy (non-hydrogen) atoms. The van der Waals surface area contributed by atoms with Crippen molar-refractivity contribution in [2.24, 2.45) is 0 Å². The number of rotatable bonds is 16. The third-order valence-corrected chi connectivity index (χ3v) is 4.85. The predicted molar refractivity (Wildman–Crippen MR) is 103 cm³/mol. The molecule has 0 spiro atoms. The second-order valence-corrected chi connectivity index (χ2v) is 7.67. The highest BCUT2D eigenvalue weighted by atomic mass is 15.2. The van der Waals surface area contributed by atoms with Gasteiger partial charge in [0.1, 0.15) is 0 Å². The van der Waals surface area contributed by atoms with Crippen LogP contribution in [0, 0.1) is 0 Å². The highest BCUT2D eigenvalue weighted by Crippen LogP contribution is 2.13. The topological polar surface area (TPSA) is 3.24 Å². The maximum Gasteiger partial charge on any atom is 0.00412 e. The fraction of sp³-hybridized carbons (Fsp3) is 1.00. The summed E-state index contributed by atoms with van der Waals surface area (Å²) < 4.78 is 0. The van der Waals surface area contributed by atoms with Gasteiger partial charge >= 0.3 is 0 Å². The van der Waals surface area contributed by atoms with Crippen LogP contribution in [0.15, 0.2) is 0 Å². The lowest BCUT2D eigenvalue weighted by Crippen LogP contribution is -2.37. The molecule has 0 atom stereocenters. The molecule has 0 saturated heterocycles. The Morgan fingerprint density at radius 3 is 1.14 bits per heavy atom. The molecule has 0 bridgehead atoms. The molecule has 0 radical (unpaired) electrons. The summed E-state index contributed by atoms with van der Waals surface area (Å²) in [5, 5.41) is 0. The van der Waals surface area contributed by atoms with Gasteiger partial charge in [-0.1, -0.05) is 84.0 Å². The van der Waals surface area contributed by atoms with Crippen LogP contribution in [0.3, 0.4) is 0 Å². The molecule has 0 aromatic heterocycles. The summed E-state index contributed by atoms with van der Waals surface area (Å²) in [5.74, 6) is 0. The summed E-state index contributed by atoms with van der Waals surface area (Å²) in [7, 11) is 0. The van der Waals surface area contributed by atoms with Gasteiger partial charge in [-0.2, -0.15) is 0 Å². The molecule has 1 nitrogen and oxygen atoms in total. The zero-order chi connectivity index (χ0) is 16.6. The maximum absolute atomic E-state index is 2.62. The van der Waals surface area contributed by atoms with E-state index in [4.69, 9.17) is 0 Å². The van der Waals surface area contributed by atoms with E-state index in [0.29, 0.717) is 12.1 Å². The van der Waals surface area contributed by atoms with Gasteiger partial charge in [0.05, 0.1) is 0 Å². The smallest absolute Gasteiger partial charge is 0.00412 e. The Balaban J connectivity index is 3.23. The molecule has 1 heteroatoms. The minimum absolute atomic E-state index is 0.692. The van der Waals surface area contributed by atoms with Crippen molar-refractivity contribution in [2.45, 2.75) is 130 Å². The summed E-state index contributed by atoms with van der Waals surface area (Å²) in [6.45, 7) is 12.9. The largest absolute Gasteiger partial charge is 0.299 e. The monoisotopic (exact) mass is 311 g/mol. The molecule has 0 saturated carbocycles. The first-order chi connectivity index (χ1) is 10.6. The normalized spacial score (nSPS) is 12.0. The first-order valence-electron chi connectivity index (χ1n) is 10.3. The summed E-state index contributed by atoms with van der Waals surface area (Å²) in [5.41, 5.74) is 0. The number of hydrogen-bond acceptors (Lipinski definition) is 1. The Kier molecular flexibility index (Phi) is 15.8. The first-order valence-corrected chi connectivity index (χ1v) is 10.3. The van der Waals surface area contributed by atoms with Gasteiger partial charge in [0.25, 0.3) is 0 Å². The van der Waals surface area contributed by atoms with Crippen molar-refractivity contribution in [1.82, 2.24) is 4.90 Å². The minimum Gasteiger partial charge on any atom is -0.299 e. The quantitative estimate of drug-likeness (QED) is 0.272. The average Bonchev–Trinajstić information content (AvgIpc) is 2.46. The lowest BCUT2D eigenvalue weighted by atomic mass is 10.0. The van der Waals surface area contributed by atoms with Crippen LogP contribution in [-0.2, 0) is 0 Å². The van der Waals surface area contributed by atoms with E-state index in [0.717, 1.165) is 0 Å². The third-order valence-electron chi connectivity index (χ3n) is 4.85. The molecule has 0 aliphatic rings. The predicted octanol–water partition coefficient (Wildman–Crippen LogP) is 7.20. The van der Waals surface area contributed by atoms with Crippen molar-refractivity contribution in [3.8, 4) is 0 Å². The van der Waals surface area contributed by atoms with Gasteiger partial charge < -0.3 is 0 Å². The molecule has 0 unspecified atom stereocenters. The maximum atomic E-state index is 2.62. The van der Waals surface area contributed by atoms with Crippen LogP contribution >= 0.6 is 0 Å². The van der Waals surface area contributed by atoms with E-state index in [1.54, 1.807) is 0 Å². The molecule has 0 aromatic carbocycles. The van der Waals surface area contributed by atoms with Crippen LogP contribution < -0.4 is 0 Å². The number of nitrogens with zero attached hydrogens (tertiary/aromatic N) is 1. The van der Waals surface area contributed by atoms with Gasteiger partial charge in [-0.05, 0) is 40.7 Å².